The first-order valence-electron chi connectivity index (χ1n) is 5.26. The topological polar surface area (TPSA) is 87.9 Å². The number of carbonyl (C=O) groups excluding carboxylic acids is 1. The molecule has 0 aromatic heterocycles. The van der Waals surface area contributed by atoms with Gasteiger partial charge in [-0.15, -0.1) is 10.1 Å². The summed E-state index contributed by atoms with van der Waals surface area (Å²) in [5.41, 5.74) is 0. The fourth-order valence-corrected chi connectivity index (χ4v) is 1.63. The number of ether oxygens (including phenoxy) is 2. The maximum absolute atomic E-state index is 11.2. The Morgan fingerprint density at radius 2 is 2.00 bits per heavy atom. The van der Waals surface area contributed by atoms with Crippen LogP contribution in [0.3, 0.4) is 0 Å². The maximum atomic E-state index is 11.2. The highest BCUT2D eigenvalue weighted by atomic mass is 17.0. The fraction of sp³-hybridized carbons (Fsp3) is 0.889. The van der Waals surface area contributed by atoms with Crippen LogP contribution in [0.5, 0.6) is 0 Å². The number of carbonyl (C=O) groups is 1. The molecule has 92 valence electrons. The quantitative estimate of drug-likeness (QED) is 0.319. The monoisotopic (exact) mass is 233 g/mol. The van der Waals surface area contributed by atoms with Crippen molar-refractivity contribution in [1.29, 1.82) is 0 Å². The second-order valence-electron chi connectivity index (χ2n) is 3.64. The summed E-state index contributed by atoms with van der Waals surface area (Å²) in [6, 6.07) is 0. The molecule has 16 heavy (non-hydrogen) atoms. The molecule has 0 aromatic carbocycles. The van der Waals surface area contributed by atoms with Gasteiger partial charge in [0, 0.05) is 0 Å². The highest BCUT2D eigenvalue weighted by molar-refractivity contribution is 5.60. The van der Waals surface area contributed by atoms with Crippen molar-refractivity contribution < 1.29 is 24.2 Å². The largest absolute Gasteiger partial charge is 0.510 e. The standard InChI is InChI=1S/C9H15NO6/c1-7(16-10(12)13)14-9(11)15-8-5-3-2-4-6-8/h7-8H,2-6H2,1H3. The van der Waals surface area contributed by atoms with Gasteiger partial charge in [-0.1, -0.05) is 6.42 Å². The molecular weight excluding hydrogens is 218 g/mol. The molecule has 7 heteroatoms. The predicted octanol–water partition coefficient (Wildman–Crippen LogP) is 2.03. The molecule has 0 spiro atoms. The summed E-state index contributed by atoms with van der Waals surface area (Å²) in [4.78, 5) is 25.1. The lowest BCUT2D eigenvalue weighted by Gasteiger charge is -2.21. The molecule has 0 aliphatic heterocycles. The second-order valence-corrected chi connectivity index (χ2v) is 3.64. The molecule has 0 N–H and O–H groups in total. The average Bonchev–Trinajstić information content (AvgIpc) is 2.17. The maximum Gasteiger partial charge on any atom is 0.510 e. The normalized spacial score (nSPS) is 18.6. The first kappa shape index (κ1) is 12.5. The van der Waals surface area contributed by atoms with Crippen LogP contribution < -0.4 is 0 Å². The Kier molecular flexibility index (Phi) is 4.81. The third kappa shape index (κ3) is 4.81. The summed E-state index contributed by atoms with van der Waals surface area (Å²) in [5, 5.41) is 8.92. The van der Waals surface area contributed by atoms with E-state index >= 15 is 0 Å². The molecule has 1 rings (SSSR count). The molecule has 1 atom stereocenters. The van der Waals surface area contributed by atoms with Crippen LogP contribution in [0.4, 0.5) is 4.79 Å². The highest BCUT2D eigenvalue weighted by Crippen LogP contribution is 2.20. The summed E-state index contributed by atoms with van der Waals surface area (Å²) in [5.74, 6) is 0. The molecule has 1 unspecified atom stereocenters. The van der Waals surface area contributed by atoms with E-state index in [0.717, 1.165) is 32.1 Å². The number of hydrogen-bond donors (Lipinski definition) is 0. The van der Waals surface area contributed by atoms with Crippen LogP contribution >= 0.6 is 0 Å². The van der Waals surface area contributed by atoms with Gasteiger partial charge in [-0.05, 0) is 32.6 Å². The smallest absolute Gasteiger partial charge is 0.431 e. The van der Waals surface area contributed by atoms with Crippen molar-refractivity contribution in [1.82, 2.24) is 0 Å². The SMILES string of the molecule is CC(OC(=O)OC1CCCCC1)O[N+](=O)[O-]. The van der Waals surface area contributed by atoms with Crippen molar-refractivity contribution in [3.63, 3.8) is 0 Å². The molecule has 0 heterocycles. The third-order valence-corrected chi connectivity index (χ3v) is 2.31. The molecule has 1 aliphatic rings. The van der Waals surface area contributed by atoms with E-state index in [1.165, 1.54) is 6.92 Å². The summed E-state index contributed by atoms with van der Waals surface area (Å²) in [7, 11) is 0. The van der Waals surface area contributed by atoms with Crippen LogP contribution in [0.1, 0.15) is 39.0 Å². The van der Waals surface area contributed by atoms with Gasteiger partial charge in [-0.2, -0.15) is 0 Å². The minimum Gasteiger partial charge on any atom is -0.431 e. The van der Waals surface area contributed by atoms with Crippen LogP contribution in [-0.2, 0) is 14.3 Å². The second kappa shape index (κ2) is 6.14. The lowest BCUT2D eigenvalue weighted by atomic mass is 9.98. The van der Waals surface area contributed by atoms with E-state index < -0.39 is 17.5 Å². The van der Waals surface area contributed by atoms with Gasteiger partial charge in [0.25, 0.3) is 5.09 Å². The Bertz CT molecular complexity index is 250. The zero-order valence-corrected chi connectivity index (χ0v) is 9.09. The van der Waals surface area contributed by atoms with Gasteiger partial charge >= 0.3 is 6.16 Å². The Balaban J connectivity index is 2.21. The molecule has 1 saturated carbocycles. The summed E-state index contributed by atoms with van der Waals surface area (Å²) >= 11 is 0. The van der Waals surface area contributed by atoms with Crippen molar-refractivity contribution >= 4 is 6.16 Å². The van der Waals surface area contributed by atoms with E-state index in [9.17, 15) is 14.9 Å². The Hall–Kier alpha value is -1.53. The molecule has 0 bridgehead atoms. The molecule has 0 radical (unpaired) electrons. The van der Waals surface area contributed by atoms with Crippen molar-refractivity contribution in [2.75, 3.05) is 0 Å². The molecule has 1 aliphatic carbocycles. The first-order valence-corrected chi connectivity index (χ1v) is 5.26. The molecule has 0 amide bonds. The third-order valence-electron chi connectivity index (χ3n) is 2.31. The van der Waals surface area contributed by atoms with Gasteiger partial charge in [-0.25, -0.2) is 4.79 Å². The van der Waals surface area contributed by atoms with Crippen molar-refractivity contribution in [3.05, 3.63) is 10.1 Å². The molecular formula is C9H15NO6. The average molecular weight is 233 g/mol. The molecule has 0 saturated heterocycles. The van der Waals surface area contributed by atoms with Gasteiger partial charge in [0.2, 0.25) is 6.29 Å². The van der Waals surface area contributed by atoms with Crippen molar-refractivity contribution in [3.8, 4) is 0 Å². The minimum absolute atomic E-state index is 0.135. The van der Waals surface area contributed by atoms with Crippen LogP contribution in [0.2, 0.25) is 0 Å². The van der Waals surface area contributed by atoms with E-state index in [4.69, 9.17) is 4.74 Å². The summed E-state index contributed by atoms with van der Waals surface area (Å²) in [6.45, 7) is 1.25. The summed E-state index contributed by atoms with van der Waals surface area (Å²) < 4.78 is 9.52. The van der Waals surface area contributed by atoms with Crippen LogP contribution in [0.15, 0.2) is 0 Å². The van der Waals surface area contributed by atoms with Gasteiger partial charge in [0.05, 0.1) is 0 Å². The van der Waals surface area contributed by atoms with E-state index in [0.29, 0.717) is 0 Å². The molecule has 1 fully saturated rings. The molecule has 0 aromatic rings. The highest BCUT2D eigenvalue weighted by Gasteiger charge is 2.20. The van der Waals surface area contributed by atoms with E-state index in [2.05, 4.69) is 9.57 Å². The zero-order valence-electron chi connectivity index (χ0n) is 9.09. The van der Waals surface area contributed by atoms with Gasteiger partial charge in [-0.3, -0.25) is 4.84 Å². The Morgan fingerprint density at radius 3 is 2.56 bits per heavy atom. The number of rotatable bonds is 4. The first-order chi connectivity index (χ1) is 7.58. The van der Waals surface area contributed by atoms with Gasteiger partial charge < -0.3 is 9.47 Å². The minimum atomic E-state index is -1.24. The lowest BCUT2D eigenvalue weighted by molar-refractivity contribution is -0.777. The fourth-order valence-electron chi connectivity index (χ4n) is 1.63. The lowest BCUT2D eigenvalue weighted by Crippen LogP contribution is -2.26. The van der Waals surface area contributed by atoms with Crippen molar-refractivity contribution in [2.45, 2.75) is 51.4 Å². The summed E-state index contributed by atoms with van der Waals surface area (Å²) in [6.07, 6.45) is 2.54. The van der Waals surface area contributed by atoms with Gasteiger partial charge in [0.1, 0.15) is 6.10 Å². The molecule has 7 nitrogen and oxygen atoms in total. The number of nitrogens with zero attached hydrogens (tertiary/aromatic N) is 1. The number of hydrogen-bond acceptors (Lipinski definition) is 6. The Labute approximate surface area is 92.8 Å². The zero-order chi connectivity index (χ0) is 12.0. The van der Waals surface area contributed by atoms with Gasteiger partial charge in [0.15, 0.2) is 0 Å². The van der Waals surface area contributed by atoms with E-state index in [1.807, 2.05) is 0 Å². The predicted molar refractivity (Wildman–Crippen MR) is 52.0 cm³/mol. The van der Waals surface area contributed by atoms with Crippen molar-refractivity contribution in [2.24, 2.45) is 0 Å². The van der Waals surface area contributed by atoms with E-state index in [1.54, 1.807) is 0 Å². The van der Waals surface area contributed by atoms with E-state index in [-0.39, 0.29) is 6.10 Å². The van der Waals surface area contributed by atoms with Crippen LogP contribution in [0.25, 0.3) is 0 Å². The van der Waals surface area contributed by atoms with Crippen LogP contribution in [-0.4, -0.2) is 23.6 Å². The Morgan fingerprint density at radius 1 is 1.38 bits per heavy atom. The van der Waals surface area contributed by atoms with Crippen LogP contribution in [0, 0.1) is 10.1 Å².